The molecule has 0 radical (unpaired) electrons. The van der Waals surface area contributed by atoms with Crippen molar-refractivity contribution in [2.75, 3.05) is 33.0 Å². The molecule has 0 amide bonds. The Morgan fingerprint density at radius 1 is 1.11 bits per heavy atom. The summed E-state index contributed by atoms with van der Waals surface area (Å²) in [4.78, 5) is 2.12. The number of benzene rings is 1. The van der Waals surface area contributed by atoms with Crippen molar-refractivity contribution in [2.24, 2.45) is 11.8 Å². The average molecular weight is 396 g/mol. The molecular weight excluding hydrogens is 358 g/mol. The van der Waals surface area contributed by atoms with E-state index in [0.717, 1.165) is 50.3 Å². The first-order chi connectivity index (χ1) is 12.8. The third-order valence-corrected chi connectivity index (χ3v) is 8.07. The van der Waals surface area contributed by atoms with Crippen molar-refractivity contribution in [3.05, 3.63) is 29.8 Å². The Kier molecular flexibility index (Phi) is 8.62. The number of aryl methyl sites for hydroxylation is 1. The van der Waals surface area contributed by atoms with E-state index < -0.39 is 9.84 Å². The van der Waals surface area contributed by atoms with Gasteiger partial charge in [0.15, 0.2) is 9.84 Å². The maximum Gasteiger partial charge on any atom is 0.152 e. The lowest BCUT2D eigenvalue weighted by Gasteiger charge is -2.28. The van der Waals surface area contributed by atoms with E-state index in [4.69, 9.17) is 4.74 Å². The minimum Gasteiger partial charge on any atom is -0.492 e. The smallest absolute Gasteiger partial charge is 0.152 e. The standard InChI is InChI=1S/C22H37NO3S/c1-18(2)27(24,25)17-21-12-9-19(10-13-21)8-11-20-6-5-7-22(16-20)26-15-14-23(3)4/h5-7,16,18-19,21H,8-15,17H2,1-4H3. The topological polar surface area (TPSA) is 46.6 Å². The number of sulfone groups is 1. The maximum absolute atomic E-state index is 12.1. The molecule has 154 valence electrons. The molecule has 5 heteroatoms. The Labute approximate surface area is 166 Å². The highest BCUT2D eigenvalue weighted by molar-refractivity contribution is 7.91. The fourth-order valence-corrected chi connectivity index (χ4v) is 5.09. The lowest BCUT2D eigenvalue weighted by molar-refractivity contribution is 0.261. The molecule has 4 nitrogen and oxygen atoms in total. The zero-order valence-corrected chi connectivity index (χ0v) is 18.3. The molecule has 0 aromatic heterocycles. The van der Waals surface area contributed by atoms with Crippen molar-refractivity contribution in [3.8, 4) is 5.75 Å². The minimum atomic E-state index is -2.91. The Morgan fingerprint density at radius 2 is 1.78 bits per heavy atom. The van der Waals surface area contributed by atoms with Crippen LogP contribution in [0, 0.1) is 11.8 Å². The lowest BCUT2D eigenvalue weighted by Crippen LogP contribution is -2.26. The van der Waals surface area contributed by atoms with Crippen LogP contribution in [0.15, 0.2) is 24.3 Å². The molecule has 1 fully saturated rings. The molecule has 1 saturated carbocycles. The van der Waals surface area contributed by atoms with Gasteiger partial charge in [0.2, 0.25) is 0 Å². The molecule has 0 N–H and O–H groups in total. The van der Waals surface area contributed by atoms with E-state index in [-0.39, 0.29) is 5.25 Å². The van der Waals surface area contributed by atoms with Crippen LogP contribution in [0.4, 0.5) is 0 Å². The SMILES string of the molecule is CC(C)S(=O)(=O)CC1CCC(CCc2cccc(OCCN(C)C)c2)CC1. The van der Waals surface area contributed by atoms with E-state index >= 15 is 0 Å². The second kappa shape index (κ2) is 10.5. The largest absolute Gasteiger partial charge is 0.492 e. The first kappa shape index (κ1) is 22.2. The molecule has 0 heterocycles. The van der Waals surface area contributed by atoms with Gasteiger partial charge >= 0.3 is 0 Å². The summed E-state index contributed by atoms with van der Waals surface area (Å²) in [6, 6.07) is 8.45. The third kappa shape index (κ3) is 7.82. The van der Waals surface area contributed by atoms with Gasteiger partial charge in [-0.3, -0.25) is 0 Å². The number of ether oxygens (including phenoxy) is 1. The molecule has 2 rings (SSSR count). The summed E-state index contributed by atoms with van der Waals surface area (Å²) in [7, 11) is 1.19. The fourth-order valence-electron chi connectivity index (χ4n) is 3.72. The van der Waals surface area contributed by atoms with Crippen LogP contribution in [0.5, 0.6) is 5.75 Å². The predicted molar refractivity (Wildman–Crippen MR) is 113 cm³/mol. The van der Waals surface area contributed by atoms with Gasteiger partial charge in [0.1, 0.15) is 12.4 Å². The molecule has 27 heavy (non-hydrogen) atoms. The van der Waals surface area contributed by atoms with Crippen molar-refractivity contribution in [3.63, 3.8) is 0 Å². The highest BCUT2D eigenvalue weighted by atomic mass is 32.2. The molecule has 0 unspecified atom stereocenters. The van der Waals surface area contributed by atoms with Crippen LogP contribution in [-0.4, -0.2) is 51.6 Å². The average Bonchev–Trinajstić information content (AvgIpc) is 2.61. The maximum atomic E-state index is 12.1. The molecule has 0 saturated heterocycles. The van der Waals surface area contributed by atoms with Crippen LogP contribution in [0.1, 0.15) is 51.5 Å². The van der Waals surface area contributed by atoms with Crippen LogP contribution < -0.4 is 4.74 Å². The van der Waals surface area contributed by atoms with Crippen LogP contribution in [0.2, 0.25) is 0 Å². The number of nitrogens with zero attached hydrogens (tertiary/aromatic N) is 1. The number of likely N-dealkylation sites (N-methyl/N-ethyl adjacent to an activating group) is 1. The van der Waals surface area contributed by atoms with E-state index in [1.807, 2.05) is 20.2 Å². The number of hydrogen-bond donors (Lipinski definition) is 0. The van der Waals surface area contributed by atoms with Gasteiger partial charge in [-0.25, -0.2) is 8.42 Å². The highest BCUT2D eigenvalue weighted by Crippen LogP contribution is 2.33. The monoisotopic (exact) mass is 395 g/mol. The lowest BCUT2D eigenvalue weighted by atomic mass is 9.80. The van der Waals surface area contributed by atoms with Crippen LogP contribution in [0.25, 0.3) is 0 Å². The van der Waals surface area contributed by atoms with Crippen molar-refractivity contribution in [1.29, 1.82) is 0 Å². The minimum absolute atomic E-state index is 0.248. The molecular formula is C22H37NO3S. The summed E-state index contributed by atoms with van der Waals surface area (Å²) in [6.45, 7) is 5.21. The summed E-state index contributed by atoms with van der Waals surface area (Å²) in [5.41, 5.74) is 1.34. The van der Waals surface area contributed by atoms with Crippen molar-refractivity contribution in [2.45, 2.75) is 57.6 Å². The van der Waals surface area contributed by atoms with Crippen LogP contribution in [0.3, 0.4) is 0 Å². The third-order valence-electron chi connectivity index (χ3n) is 5.70. The summed E-state index contributed by atoms with van der Waals surface area (Å²) < 4.78 is 30.1. The number of hydrogen-bond acceptors (Lipinski definition) is 4. The summed E-state index contributed by atoms with van der Waals surface area (Å²) >= 11 is 0. The van der Waals surface area contributed by atoms with Crippen molar-refractivity contribution < 1.29 is 13.2 Å². The Hall–Kier alpha value is -1.07. The molecule has 0 atom stereocenters. The Bertz CT molecular complexity index is 662. The van der Waals surface area contributed by atoms with E-state index in [0.29, 0.717) is 18.3 Å². The zero-order chi connectivity index (χ0) is 19.9. The van der Waals surface area contributed by atoms with E-state index in [1.165, 1.54) is 12.0 Å². The van der Waals surface area contributed by atoms with Gasteiger partial charge in [0.25, 0.3) is 0 Å². The number of rotatable bonds is 10. The van der Waals surface area contributed by atoms with E-state index in [1.54, 1.807) is 13.8 Å². The van der Waals surface area contributed by atoms with Gasteiger partial charge in [0, 0.05) is 6.54 Å². The zero-order valence-electron chi connectivity index (χ0n) is 17.5. The van der Waals surface area contributed by atoms with E-state index in [2.05, 4.69) is 23.1 Å². The van der Waals surface area contributed by atoms with Crippen LogP contribution >= 0.6 is 0 Å². The fraction of sp³-hybridized carbons (Fsp3) is 0.727. The molecule has 0 spiro atoms. The molecule has 1 aliphatic carbocycles. The molecule has 1 aliphatic rings. The highest BCUT2D eigenvalue weighted by Gasteiger charge is 2.27. The second-order valence-corrected chi connectivity index (χ2v) is 11.2. The van der Waals surface area contributed by atoms with Gasteiger partial charge in [-0.1, -0.05) is 25.0 Å². The van der Waals surface area contributed by atoms with Crippen molar-refractivity contribution in [1.82, 2.24) is 4.90 Å². The van der Waals surface area contributed by atoms with Gasteiger partial charge in [-0.15, -0.1) is 0 Å². The summed E-state index contributed by atoms with van der Waals surface area (Å²) in [5.74, 6) is 2.42. The molecule has 1 aromatic rings. The summed E-state index contributed by atoms with van der Waals surface area (Å²) in [6.07, 6.45) is 6.71. The molecule has 1 aromatic carbocycles. The summed E-state index contributed by atoms with van der Waals surface area (Å²) in [5, 5.41) is -0.248. The Morgan fingerprint density at radius 3 is 2.41 bits per heavy atom. The van der Waals surface area contributed by atoms with Gasteiger partial charge < -0.3 is 9.64 Å². The van der Waals surface area contributed by atoms with Gasteiger partial charge in [-0.2, -0.15) is 0 Å². The second-order valence-electron chi connectivity index (χ2n) is 8.60. The first-order valence-corrected chi connectivity index (χ1v) is 12.1. The predicted octanol–water partition coefficient (Wildman–Crippen LogP) is 4.19. The molecule has 0 bridgehead atoms. The van der Waals surface area contributed by atoms with Gasteiger partial charge in [0.05, 0.1) is 11.0 Å². The first-order valence-electron chi connectivity index (χ1n) is 10.3. The Balaban J connectivity index is 1.73. The van der Waals surface area contributed by atoms with Crippen LogP contribution in [-0.2, 0) is 16.3 Å². The van der Waals surface area contributed by atoms with Gasteiger partial charge in [-0.05, 0) is 83.2 Å². The normalized spacial score (nSPS) is 21.0. The van der Waals surface area contributed by atoms with Crippen molar-refractivity contribution >= 4 is 9.84 Å². The molecule has 0 aliphatic heterocycles. The quantitative estimate of drug-likeness (QED) is 0.596. The van der Waals surface area contributed by atoms with E-state index in [9.17, 15) is 8.42 Å².